The Balaban J connectivity index is 1.75. The van der Waals surface area contributed by atoms with Crippen LogP contribution in [-0.2, 0) is 5.54 Å². The van der Waals surface area contributed by atoms with Crippen LogP contribution >= 0.6 is 11.6 Å². The molecule has 0 atom stereocenters. The third-order valence-electron chi connectivity index (χ3n) is 3.85. The maximum atomic E-state index is 12.3. The molecule has 2 amide bonds. The smallest absolute Gasteiger partial charge is 0.320 e. The fourth-order valence-corrected chi connectivity index (χ4v) is 3.01. The van der Waals surface area contributed by atoms with Crippen molar-refractivity contribution < 1.29 is 9.32 Å². The number of nitrogens with one attached hydrogen (secondary N) is 2. The fourth-order valence-electron chi connectivity index (χ4n) is 2.82. The Bertz CT molecular complexity index is 680. The number of carbonyl (C=O) groups is 1. The summed E-state index contributed by atoms with van der Waals surface area (Å²) in [6, 6.07) is 6.72. The fraction of sp³-hybridized carbons (Fsp3) is 0.400. The number of hydrogen-bond acceptors (Lipinski definition) is 4. The molecule has 0 bridgehead atoms. The van der Waals surface area contributed by atoms with Gasteiger partial charge >= 0.3 is 6.03 Å². The Labute approximate surface area is 133 Å². The number of aromatic nitrogens is 2. The third-order valence-corrected chi connectivity index (χ3v) is 4.08. The van der Waals surface area contributed by atoms with Crippen molar-refractivity contribution in [1.29, 1.82) is 0 Å². The normalized spacial score (nSPS) is 16.5. The van der Waals surface area contributed by atoms with Gasteiger partial charge in [0.1, 0.15) is 5.54 Å². The number of hydrogen-bond donors (Lipinski definition) is 2. The number of benzene rings is 1. The molecule has 1 aromatic carbocycles. The van der Waals surface area contributed by atoms with Crippen molar-refractivity contribution in [3.63, 3.8) is 0 Å². The molecule has 0 saturated heterocycles. The molecular weight excluding hydrogens is 304 g/mol. The van der Waals surface area contributed by atoms with Crippen LogP contribution in [0.2, 0.25) is 5.02 Å². The molecule has 1 saturated carbocycles. The predicted molar refractivity (Wildman–Crippen MR) is 82.8 cm³/mol. The summed E-state index contributed by atoms with van der Waals surface area (Å²) >= 11 is 5.92. The Morgan fingerprint density at radius 1 is 1.36 bits per heavy atom. The maximum absolute atomic E-state index is 12.3. The van der Waals surface area contributed by atoms with Gasteiger partial charge in [-0.1, -0.05) is 35.7 Å². The average Bonchev–Trinajstić information content (AvgIpc) is 3.08. The topological polar surface area (TPSA) is 80.0 Å². The van der Waals surface area contributed by atoms with Crippen molar-refractivity contribution in [3.8, 4) is 0 Å². The van der Waals surface area contributed by atoms with Crippen molar-refractivity contribution in [2.75, 3.05) is 5.32 Å². The van der Waals surface area contributed by atoms with Gasteiger partial charge in [0.05, 0.1) is 0 Å². The van der Waals surface area contributed by atoms with Crippen molar-refractivity contribution in [3.05, 3.63) is 41.0 Å². The largest absolute Gasteiger partial charge is 0.340 e. The van der Waals surface area contributed by atoms with Gasteiger partial charge in [-0.2, -0.15) is 4.98 Å². The van der Waals surface area contributed by atoms with Crippen LogP contribution in [-0.4, -0.2) is 16.2 Å². The summed E-state index contributed by atoms with van der Waals surface area (Å²) in [5.41, 5.74) is 0.0860. The second-order valence-corrected chi connectivity index (χ2v) is 5.95. The second-order valence-electron chi connectivity index (χ2n) is 5.52. The number of nitrogens with zero attached hydrogens (tertiary/aromatic N) is 2. The first kappa shape index (κ1) is 14.8. The van der Waals surface area contributed by atoms with E-state index in [0.717, 1.165) is 25.7 Å². The summed E-state index contributed by atoms with van der Waals surface area (Å²) in [7, 11) is 0. The average molecular weight is 321 g/mol. The quantitative estimate of drug-likeness (QED) is 0.905. The molecule has 2 N–H and O–H groups in total. The first-order valence-electron chi connectivity index (χ1n) is 7.23. The van der Waals surface area contributed by atoms with Gasteiger partial charge in [0.2, 0.25) is 5.89 Å². The van der Waals surface area contributed by atoms with Gasteiger partial charge in [-0.05, 0) is 31.0 Å². The van der Waals surface area contributed by atoms with Gasteiger partial charge in [-0.25, -0.2) is 4.79 Å². The minimum atomic E-state index is -0.555. The van der Waals surface area contributed by atoms with E-state index in [1.54, 1.807) is 31.2 Å². The lowest BCUT2D eigenvalue weighted by Gasteiger charge is -2.26. The SMILES string of the molecule is Cc1nc(C2(NC(=O)Nc3cccc(Cl)c3)CCCC2)no1. The van der Waals surface area contributed by atoms with Gasteiger partial charge in [0, 0.05) is 17.6 Å². The lowest BCUT2D eigenvalue weighted by molar-refractivity contribution is 0.232. The van der Waals surface area contributed by atoms with Crippen LogP contribution in [0, 0.1) is 6.92 Å². The number of rotatable bonds is 3. The summed E-state index contributed by atoms with van der Waals surface area (Å²) in [5, 5.41) is 10.4. The highest BCUT2D eigenvalue weighted by molar-refractivity contribution is 6.30. The highest BCUT2D eigenvalue weighted by atomic mass is 35.5. The van der Waals surface area contributed by atoms with Gasteiger partial charge in [-0.15, -0.1) is 0 Å². The molecule has 1 fully saturated rings. The summed E-state index contributed by atoms with van der Waals surface area (Å²) in [4.78, 5) is 16.6. The van der Waals surface area contributed by atoms with E-state index in [0.29, 0.717) is 22.4 Å². The standard InChI is InChI=1S/C15H17ClN4O2/c1-10-17-13(20-22-10)15(7-2-3-8-15)19-14(21)18-12-6-4-5-11(16)9-12/h4-6,9H,2-3,7-8H2,1H3,(H2,18,19,21). The predicted octanol–water partition coefficient (Wildman–Crippen LogP) is 3.62. The Morgan fingerprint density at radius 2 is 2.14 bits per heavy atom. The molecule has 0 radical (unpaired) electrons. The van der Waals surface area contributed by atoms with E-state index in [1.165, 1.54) is 0 Å². The van der Waals surface area contributed by atoms with Crippen LogP contribution in [0.3, 0.4) is 0 Å². The highest BCUT2D eigenvalue weighted by Gasteiger charge is 2.41. The van der Waals surface area contributed by atoms with Crippen LogP contribution < -0.4 is 10.6 Å². The van der Waals surface area contributed by atoms with Gasteiger partial charge in [-0.3, -0.25) is 0 Å². The molecule has 1 aliphatic rings. The molecule has 0 spiro atoms. The van der Waals surface area contributed by atoms with Crippen LogP contribution in [0.4, 0.5) is 10.5 Å². The molecule has 1 heterocycles. The summed E-state index contributed by atoms with van der Waals surface area (Å²) in [6.07, 6.45) is 3.64. The molecule has 7 heteroatoms. The first-order chi connectivity index (χ1) is 10.6. The van der Waals surface area contributed by atoms with E-state index >= 15 is 0 Å². The van der Waals surface area contributed by atoms with E-state index in [2.05, 4.69) is 20.8 Å². The minimum Gasteiger partial charge on any atom is -0.340 e. The number of carbonyl (C=O) groups excluding carboxylic acids is 1. The van der Waals surface area contributed by atoms with E-state index in [-0.39, 0.29) is 6.03 Å². The zero-order valence-electron chi connectivity index (χ0n) is 12.2. The number of amides is 2. The summed E-state index contributed by atoms with van der Waals surface area (Å²) in [5.74, 6) is 1.04. The molecule has 3 rings (SSSR count). The highest BCUT2D eigenvalue weighted by Crippen LogP contribution is 2.37. The Kier molecular flexibility index (Phi) is 4.02. The monoisotopic (exact) mass is 320 g/mol. The molecule has 1 aromatic heterocycles. The van der Waals surface area contributed by atoms with E-state index in [1.807, 2.05) is 0 Å². The number of halogens is 1. The Morgan fingerprint density at radius 3 is 2.77 bits per heavy atom. The molecule has 6 nitrogen and oxygen atoms in total. The molecular formula is C15H17ClN4O2. The van der Waals surface area contributed by atoms with E-state index in [9.17, 15) is 4.79 Å². The molecule has 116 valence electrons. The van der Waals surface area contributed by atoms with Crippen LogP contribution in [0.1, 0.15) is 37.4 Å². The molecule has 2 aromatic rings. The molecule has 1 aliphatic carbocycles. The van der Waals surface area contributed by atoms with Crippen LogP contribution in [0.5, 0.6) is 0 Å². The van der Waals surface area contributed by atoms with Gasteiger partial charge < -0.3 is 15.2 Å². The molecule has 0 unspecified atom stereocenters. The van der Waals surface area contributed by atoms with Crippen molar-refractivity contribution >= 4 is 23.3 Å². The lowest BCUT2D eigenvalue weighted by Crippen LogP contribution is -2.46. The number of aryl methyl sites for hydroxylation is 1. The number of anilines is 1. The molecule has 0 aliphatic heterocycles. The van der Waals surface area contributed by atoms with Crippen molar-refractivity contribution in [2.45, 2.75) is 38.1 Å². The number of urea groups is 1. The van der Waals surface area contributed by atoms with Crippen molar-refractivity contribution in [2.24, 2.45) is 0 Å². The van der Waals surface area contributed by atoms with Gasteiger partial charge in [0.15, 0.2) is 5.82 Å². The summed E-state index contributed by atoms with van der Waals surface area (Å²) < 4.78 is 5.07. The lowest BCUT2D eigenvalue weighted by atomic mass is 9.97. The maximum Gasteiger partial charge on any atom is 0.320 e. The minimum absolute atomic E-state index is 0.299. The third kappa shape index (κ3) is 3.06. The van der Waals surface area contributed by atoms with Gasteiger partial charge in [0.25, 0.3) is 0 Å². The second kappa shape index (κ2) is 5.96. The van der Waals surface area contributed by atoms with Crippen molar-refractivity contribution in [1.82, 2.24) is 15.5 Å². The zero-order chi connectivity index (χ0) is 15.6. The summed E-state index contributed by atoms with van der Waals surface area (Å²) in [6.45, 7) is 1.74. The van der Waals surface area contributed by atoms with Crippen LogP contribution in [0.15, 0.2) is 28.8 Å². The Hall–Kier alpha value is -2.08. The first-order valence-corrected chi connectivity index (χ1v) is 7.61. The van der Waals surface area contributed by atoms with E-state index < -0.39 is 5.54 Å². The van der Waals surface area contributed by atoms with E-state index in [4.69, 9.17) is 16.1 Å². The zero-order valence-corrected chi connectivity index (χ0v) is 13.0. The molecule has 22 heavy (non-hydrogen) atoms. The van der Waals surface area contributed by atoms with Crippen LogP contribution in [0.25, 0.3) is 0 Å².